The lowest BCUT2D eigenvalue weighted by Gasteiger charge is -2.10. The zero-order valence-corrected chi connectivity index (χ0v) is 16.4. The van der Waals surface area contributed by atoms with Gasteiger partial charge in [0, 0.05) is 22.9 Å². The molecular weight excluding hydrogens is 413 g/mol. The highest BCUT2D eigenvalue weighted by molar-refractivity contribution is 7.92. The van der Waals surface area contributed by atoms with Crippen LogP contribution in [0.3, 0.4) is 0 Å². The second-order valence-corrected chi connectivity index (χ2v) is 8.00. The van der Waals surface area contributed by atoms with Gasteiger partial charge in [-0.15, -0.1) is 0 Å². The Bertz CT molecular complexity index is 1230. The molecule has 3 aromatic carbocycles. The summed E-state index contributed by atoms with van der Waals surface area (Å²) in [4.78, 5) is 22.7. The van der Waals surface area contributed by atoms with Crippen molar-refractivity contribution in [2.75, 3.05) is 10.0 Å². The quantitative estimate of drug-likeness (QED) is 0.452. The number of sulfonamides is 1. The molecule has 0 fully saturated rings. The molecule has 0 aliphatic heterocycles. The second kappa shape index (κ2) is 8.29. The molecule has 0 saturated carbocycles. The van der Waals surface area contributed by atoms with Crippen molar-refractivity contribution in [3.8, 4) is 0 Å². The highest BCUT2D eigenvalue weighted by atomic mass is 32.2. The van der Waals surface area contributed by atoms with E-state index in [0.717, 1.165) is 6.07 Å². The first-order chi connectivity index (χ1) is 14.2. The van der Waals surface area contributed by atoms with Gasteiger partial charge in [-0.2, -0.15) is 0 Å². The van der Waals surface area contributed by atoms with E-state index in [1.54, 1.807) is 6.92 Å². The van der Waals surface area contributed by atoms with Crippen molar-refractivity contribution in [1.29, 1.82) is 0 Å². The van der Waals surface area contributed by atoms with Crippen LogP contribution in [-0.2, 0) is 10.0 Å². The molecule has 2 N–H and O–H groups in total. The van der Waals surface area contributed by atoms with Crippen LogP contribution in [0.1, 0.15) is 15.9 Å². The number of nitrogens with one attached hydrogen (secondary N) is 2. The molecule has 3 rings (SSSR count). The molecule has 1 amide bonds. The van der Waals surface area contributed by atoms with Crippen LogP contribution in [0.4, 0.5) is 21.5 Å². The Hall–Kier alpha value is -3.79. The molecule has 0 atom stereocenters. The van der Waals surface area contributed by atoms with Crippen molar-refractivity contribution in [3.05, 3.63) is 93.8 Å². The van der Waals surface area contributed by atoms with Gasteiger partial charge in [0.05, 0.1) is 15.5 Å². The van der Waals surface area contributed by atoms with E-state index < -0.39 is 26.7 Å². The SMILES string of the molecule is Cc1ccc(C(=O)Nc2ccc(S(=O)(=O)Nc3ccccc3F)cc2)cc1[N+](=O)[O-]. The van der Waals surface area contributed by atoms with Gasteiger partial charge < -0.3 is 5.32 Å². The van der Waals surface area contributed by atoms with Crippen LogP contribution in [0.15, 0.2) is 71.6 Å². The lowest BCUT2D eigenvalue weighted by Crippen LogP contribution is -2.15. The summed E-state index contributed by atoms with van der Waals surface area (Å²) in [5.74, 6) is -1.30. The van der Waals surface area contributed by atoms with Gasteiger partial charge in [-0.3, -0.25) is 19.6 Å². The Morgan fingerprint density at radius 3 is 2.33 bits per heavy atom. The molecule has 0 heterocycles. The fourth-order valence-electron chi connectivity index (χ4n) is 2.62. The maximum Gasteiger partial charge on any atom is 0.273 e. The lowest BCUT2D eigenvalue weighted by atomic mass is 10.1. The summed E-state index contributed by atoms with van der Waals surface area (Å²) in [7, 11) is -4.03. The molecule has 30 heavy (non-hydrogen) atoms. The van der Waals surface area contributed by atoms with Gasteiger partial charge in [0.15, 0.2) is 0 Å². The van der Waals surface area contributed by atoms with E-state index in [-0.39, 0.29) is 27.5 Å². The molecule has 0 saturated heterocycles. The highest BCUT2D eigenvalue weighted by Crippen LogP contribution is 2.22. The van der Waals surface area contributed by atoms with E-state index >= 15 is 0 Å². The van der Waals surface area contributed by atoms with E-state index in [4.69, 9.17) is 0 Å². The van der Waals surface area contributed by atoms with Gasteiger partial charge in [0.25, 0.3) is 21.6 Å². The van der Waals surface area contributed by atoms with Crippen LogP contribution < -0.4 is 10.0 Å². The van der Waals surface area contributed by atoms with Crippen LogP contribution >= 0.6 is 0 Å². The summed E-state index contributed by atoms with van der Waals surface area (Å²) >= 11 is 0. The lowest BCUT2D eigenvalue weighted by molar-refractivity contribution is -0.385. The molecule has 0 aromatic heterocycles. The summed E-state index contributed by atoms with van der Waals surface area (Å²) in [6, 6.07) is 14.7. The van der Waals surface area contributed by atoms with Gasteiger partial charge >= 0.3 is 0 Å². The standard InChI is InChI=1S/C20H16FN3O5S/c1-13-6-7-14(12-19(13)24(26)27)20(25)22-15-8-10-16(11-9-15)30(28,29)23-18-5-3-2-4-17(18)21/h2-12,23H,1H3,(H,22,25). The van der Waals surface area contributed by atoms with Crippen molar-refractivity contribution >= 4 is 33.0 Å². The van der Waals surface area contributed by atoms with Crippen LogP contribution in [0, 0.1) is 22.9 Å². The third-order valence-electron chi connectivity index (χ3n) is 4.21. The van der Waals surface area contributed by atoms with Gasteiger partial charge in [-0.25, -0.2) is 12.8 Å². The van der Waals surface area contributed by atoms with E-state index in [1.807, 2.05) is 0 Å². The zero-order valence-electron chi connectivity index (χ0n) is 15.6. The van der Waals surface area contributed by atoms with E-state index in [2.05, 4.69) is 10.0 Å². The maximum absolute atomic E-state index is 13.7. The Balaban J connectivity index is 1.76. The number of aryl methyl sites for hydroxylation is 1. The highest BCUT2D eigenvalue weighted by Gasteiger charge is 2.17. The Morgan fingerprint density at radius 2 is 1.70 bits per heavy atom. The molecule has 3 aromatic rings. The number of nitro benzene ring substituents is 1. The van der Waals surface area contributed by atoms with Crippen molar-refractivity contribution < 1.29 is 22.5 Å². The monoisotopic (exact) mass is 429 g/mol. The molecule has 10 heteroatoms. The largest absolute Gasteiger partial charge is 0.322 e. The normalized spacial score (nSPS) is 11.0. The van der Waals surface area contributed by atoms with Gasteiger partial charge in [0.1, 0.15) is 5.82 Å². The van der Waals surface area contributed by atoms with Crippen LogP contribution in [0.5, 0.6) is 0 Å². The first kappa shape index (κ1) is 20.9. The van der Waals surface area contributed by atoms with Crippen LogP contribution in [0.2, 0.25) is 0 Å². The minimum absolute atomic E-state index is 0.0882. The first-order valence-corrected chi connectivity index (χ1v) is 10.1. The van der Waals surface area contributed by atoms with E-state index in [9.17, 15) is 27.7 Å². The van der Waals surface area contributed by atoms with E-state index in [0.29, 0.717) is 5.56 Å². The zero-order chi connectivity index (χ0) is 21.9. The van der Waals surface area contributed by atoms with Crippen LogP contribution in [-0.4, -0.2) is 19.2 Å². The summed E-state index contributed by atoms with van der Waals surface area (Å²) in [5.41, 5.74) is 0.436. The van der Waals surface area contributed by atoms with Gasteiger partial charge in [0.2, 0.25) is 0 Å². The van der Waals surface area contributed by atoms with Crippen molar-refractivity contribution in [3.63, 3.8) is 0 Å². The Labute approximate surface area is 171 Å². The Morgan fingerprint density at radius 1 is 1.03 bits per heavy atom. The molecule has 0 unspecified atom stereocenters. The van der Waals surface area contributed by atoms with Crippen molar-refractivity contribution in [2.45, 2.75) is 11.8 Å². The van der Waals surface area contributed by atoms with Gasteiger partial charge in [-0.1, -0.05) is 18.2 Å². The number of hydrogen-bond donors (Lipinski definition) is 2. The molecular formula is C20H16FN3O5S. The fraction of sp³-hybridized carbons (Fsp3) is 0.0500. The number of carbonyl (C=O) groups excluding carboxylic acids is 1. The smallest absolute Gasteiger partial charge is 0.273 e. The van der Waals surface area contributed by atoms with Crippen molar-refractivity contribution in [2.24, 2.45) is 0 Å². The molecule has 0 spiro atoms. The third kappa shape index (κ3) is 4.61. The summed E-state index contributed by atoms with van der Waals surface area (Å²) in [6.45, 7) is 1.56. The maximum atomic E-state index is 13.7. The number of nitro groups is 1. The van der Waals surface area contributed by atoms with E-state index in [1.165, 1.54) is 60.7 Å². The molecule has 154 valence electrons. The number of para-hydroxylation sites is 1. The van der Waals surface area contributed by atoms with Crippen LogP contribution in [0.25, 0.3) is 0 Å². The number of benzene rings is 3. The second-order valence-electron chi connectivity index (χ2n) is 6.32. The number of amides is 1. The minimum atomic E-state index is -4.03. The van der Waals surface area contributed by atoms with Crippen molar-refractivity contribution in [1.82, 2.24) is 0 Å². The number of rotatable bonds is 6. The molecule has 0 aliphatic rings. The molecule has 8 nitrogen and oxygen atoms in total. The number of anilines is 2. The number of nitrogens with zero attached hydrogens (tertiary/aromatic N) is 1. The number of carbonyl (C=O) groups is 1. The average molecular weight is 429 g/mol. The first-order valence-electron chi connectivity index (χ1n) is 8.61. The predicted molar refractivity (Wildman–Crippen MR) is 109 cm³/mol. The number of hydrogen-bond acceptors (Lipinski definition) is 5. The minimum Gasteiger partial charge on any atom is -0.322 e. The topological polar surface area (TPSA) is 118 Å². The number of halogens is 1. The molecule has 0 aliphatic carbocycles. The predicted octanol–water partition coefficient (Wildman–Crippen LogP) is 4.10. The summed E-state index contributed by atoms with van der Waals surface area (Å²) < 4.78 is 40.7. The average Bonchev–Trinajstić information content (AvgIpc) is 2.70. The third-order valence-corrected chi connectivity index (χ3v) is 5.59. The van der Waals surface area contributed by atoms with Gasteiger partial charge in [-0.05, 0) is 49.4 Å². The molecule has 0 bridgehead atoms. The Kier molecular flexibility index (Phi) is 5.79. The molecule has 0 radical (unpaired) electrons. The fourth-order valence-corrected chi connectivity index (χ4v) is 3.68. The summed E-state index contributed by atoms with van der Waals surface area (Å²) in [5, 5.41) is 13.6. The summed E-state index contributed by atoms with van der Waals surface area (Å²) in [6.07, 6.45) is 0.